The van der Waals surface area contributed by atoms with E-state index in [0.717, 1.165) is 5.56 Å². The van der Waals surface area contributed by atoms with E-state index in [1.165, 1.54) is 18.2 Å². The molecule has 0 aliphatic carbocycles. The number of hydrogen-bond acceptors (Lipinski definition) is 2. The van der Waals surface area contributed by atoms with Gasteiger partial charge < -0.3 is 10.6 Å². The summed E-state index contributed by atoms with van der Waals surface area (Å²) >= 11 is 0. The highest BCUT2D eigenvalue weighted by molar-refractivity contribution is 5.94. The molecule has 0 saturated carbocycles. The minimum Gasteiger partial charge on any atom is -0.347 e. The van der Waals surface area contributed by atoms with Gasteiger partial charge in [0.15, 0.2) is 0 Å². The van der Waals surface area contributed by atoms with Crippen molar-refractivity contribution in [3.05, 3.63) is 66.0 Å². The second kappa shape index (κ2) is 7.19. The maximum absolute atomic E-state index is 13.3. The van der Waals surface area contributed by atoms with Gasteiger partial charge in [-0.3, -0.25) is 9.59 Å². The number of rotatable bonds is 5. The Balaban J connectivity index is 1.79. The summed E-state index contributed by atoms with van der Waals surface area (Å²) in [6.07, 6.45) is 0.202. The summed E-state index contributed by atoms with van der Waals surface area (Å²) in [4.78, 5) is 23.3. The topological polar surface area (TPSA) is 58.2 Å². The Morgan fingerprint density at radius 3 is 2.29 bits per heavy atom. The molecule has 0 saturated heterocycles. The van der Waals surface area contributed by atoms with E-state index in [1.54, 1.807) is 6.07 Å². The van der Waals surface area contributed by atoms with Gasteiger partial charge in [0.25, 0.3) is 0 Å². The molecule has 0 atom stereocenters. The minimum atomic E-state index is -0.513. The van der Waals surface area contributed by atoms with Crippen molar-refractivity contribution in [3.8, 4) is 0 Å². The molecule has 4 nitrogen and oxygen atoms in total. The summed E-state index contributed by atoms with van der Waals surface area (Å²) in [7, 11) is 0. The van der Waals surface area contributed by atoms with Crippen LogP contribution >= 0.6 is 0 Å². The minimum absolute atomic E-state index is 0.0970. The molecule has 2 aromatic carbocycles. The van der Waals surface area contributed by atoms with Crippen molar-refractivity contribution >= 4 is 17.5 Å². The molecule has 0 heterocycles. The molecule has 108 valence electrons. The smallest absolute Gasteiger partial charge is 0.243 e. The van der Waals surface area contributed by atoms with E-state index < -0.39 is 11.7 Å². The molecule has 2 rings (SSSR count). The van der Waals surface area contributed by atoms with Crippen molar-refractivity contribution in [1.29, 1.82) is 0 Å². The Labute approximate surface area is 122 Å². The molecular weight excluding hydrogens is 271 g/mol. The van der Waals surface area contributed by atoms with E-state index in [-0.39, 0.29) is 24.6 Å². The molecule has 2 N–H and O–H groups in total. The molecule has 0 aliphatic heterocycles. The Morgan fingerprint density at radius 1 is 0.905 bits per heavy atom. The number of anilines is 1. The maximum atomic E-state index is 13.3. The summed E-state index contributed by atoms with van der Waals surface area (Å²) in [6.45, 7) is -0.194. The molecule has 21 heavy (non-hydrogen) atoms. The van der Waals surface area contributed by atoms with Gasteiger partial charge in [0.05, 0.1) is 18.7 Å². The number of nitrogens with one attached hydrogen (secondary N) is 2. The summed E-state index contributed by atoms with van der Waals surface area (Å²) in [5, 5.41) is 4.90. The van der Waals surface area contributed by atoms with Gasteiger partial charge in [-0.1, -0.05) is 42.5 Å². The Morgan fingerprint density at radius 2 is 1.57 bits per heavy atom. The number of carbonyl (C=O) groups is 2. The zero-order valence-electron chi connectivity index (χ0n) is 11.3. The van der Waals surface area contributed by atoms with Crippen LogP contribution in [0.3, 0.4) is 0 Å². The first-order valence-electron chi connectivity index (χ1n) is 6.50. The second-order valence-corrected chi connectivity index (χ2v) is 4.47. The molecule has 0 radical (unpaired) electrons. The molecule has 0 bridgehead atoms. The number of para-hydroxylation sites is 1. The lowest BCUT2D eigenvalue weighted by Crippen LogP contribution is -2.33. The lowest BCUT2D eigenvalue weighted by Gasteiger charge is -2.07. The fourth-order valence-electron chi connectivity index (χ4n) is 1.78. The Bertz CT molecular complexity index is 629. The van der Waals surface area contributed by atoms with Gasteiger partial charge in [0.1, 0.15) is 5.82 Å². The predicted octanol–water partition coefficient (Wildman–Crippen LogP) is 2.12. The van der Waals surface area contributed by atoms with Gasteiger partial charge in [-0.05, 0) is 17.7 Å². The highest BCUT2D eigenvalue weighted by Crippen LogP contribution is 2.11. The standard InChI is InChI=1S/C16H15FN2O2/c17-13-8-4-5-9-14(13)19-16(21)11-18-15(20)10-12-6-2-1-3-7-12/h1-9H,10-11H2,(H,18,20)(H,19,21). The van der Waals surface area contributed by atoms with E-state index in [1.807, 2.05) is 30.3 Å². The largest absolute Gasteiger partial charge is 0.347 e. The first kappa shape index (κ1) is 14.7. The van der Waals surface area contributed by atoms with Gasteiger partial charge in [0.2, 0.25) is 11.8 Å². The van der Waals surface area contributed by atoms with Crippen LogP contribution in [0.5, 0.6) is 0 Å². The van der Waals surface area contributed by atoms with Crippen LogP contribution in [-0.4, -0.2) is 18.4 Å². The van der Waals surface area contributed by atoms with Crippen molar-refractivity contribution in [2.45, 2.75) is 6.42 Å². The Hall–Kier alpha value is -2.69. The first-order valence-corrected chi connectivity index (χ1v) is 6.50. The van der Waals surface area contributed by atoms with E-state index >= 15 is 0 Å². The average molecular weight is 286 g/mol. The second-order valence-electron chi connectivity index (χ2n) is 4.47. The normalized spacial score (nSPS) is 9.95. The van der Waals surface area contributed by atoms with Gasteiger partial charge >= 0.3 is 0 Å². The van der Waals surface area contributed by atoms with E-state index in [9.17, 15) is 14.0 Å². The number of halogens is 1. The molecule has 5 heteroatoms. The van der Waals surface area contributed by atoms with Crippen LogP contribution in [0.4, 0.5) is 10.1 Å². The van der Waals surface area contributed by atoms with Crippen LogP contribution in [-0.2, 0) is 16.0 Å². The van der Waals surface area contributed by atoms with Crippen LogP contribution in [0.15, 0.2) is 54.6 Å². The highest BCUT2D eigenvalue weighted by Gasteiger charge is 2.08. The third-order valence-corrected chi connectivity index (χ3v) is 2.80. The SMILES string of the molecule is O=C(Cc1ccccc1)NCC(=O)Nc1ccccc1F. The molecule has 0 spiro atoms. The van der Waals surface area contributed by atoms with Crippen LogP contribution < -0.4 is 10.6 Å². The maximum Gasteiger partial charge on any atom is 0.243 e. The lowest BCUT2D eigenvalue weighted by atomic mass is 10.1. The lowest BCUT2D eigenvalue weighted by molar-refractivity contribution is -0.123. The quantitative estimate of drug-likeness (QED) is 0.884. The fourth-order valence-corrected chi connectivity index (χ4v) is 1.78. The van der Waals surface area contributed by atoms with Gasteiger partial charge in [0, 0.05) is 0 Å². The highest BCUT2D eigenvalue weighted by atomic mass is 19.1. The number of carbonyl (C=O) groups excluding carboxylic acids is 2. The monoisotopic (exact) mass is 286 g/mol. The van der Waals surface area contributed by atoms with Crippen molar-refractivity contribution in [1.82, 2.24) is 5.32 Å². The molecule has 0 fully saturated rings. The number of amides is 2. The van der Waals surface area contributed by atoms with Crippen molar-refractivity contribution in [2.24, 2.45) is 0 Å². The zero-order chi connectivity index (χ0) is 15.1. The summed E-state index contributed by atoms with van der Waals surface area (Å²) in [5.74, 6) is -1.24. The van der Waals surface area contributed by atoms with E-state index in [4.69, 9.17) is 0 Å². The fraction of sp³-hybridized carbons (Fsp3) is 0.125. The molecule has 0 unspecified atom stereocenters. The van der Waals surface area contributed by atoms with Crippen LogP contribution in [0, 0.1) is 5.82 Å². The molecular formula is C16H15FN2O2. The average Bonchev–Trinajstić information content (AvgIpc) is 2.49. The van der Waals surface area contributed by atoms with Crippen molar-refractivity contribution in [2.75, 3.05) is 11.9 Å². The zero-order valence-corrected chi connectivity index (χ0v) is 11.3. The first-order chi connectivity index (χ1) is 10.1. The number of hydrogen-bond donors (Lipinski definition) is 2. The van der Waals surface area contributed by atoms with Crippen molar-refractivity contribution < 1.29 is 14.0 Å². The molecule has 2 amide bonds. The van der Waals surface area contributed by atoms with E-state index in [0.29, 0.717) is 0 Å². The molecule has 0 aliphatic rings. The van der Waals surface area contributed by atoms with Gasteiger partial charge in [-0.25, -0.2) is 4.39 Å². The van der Waals surface area contributed by atoms with Gasteiger partial charge in [-0.15, -0.1) is 0 Å². The van der Waals surface area contributed by atoms with Crippen LogP contribution in [0.1, 0.15) is 5.56 Å². The van der Waals surface area contributed by atoms with Gasteiger partial charge in [-0.2, -0.15) is 0 Å². The predicted molar refractivity (Wildman–Crippen MR) is 78.2 cm³/mol. The Kier molecular flexibility index (Phi) is 5.04. The third kappa shape index (κ3) is 4.72. The molecule has 0 aromatic heterocycles. The summed E-state index contributed by atoms with van der Waals surface area (Å²) in [5.41, 5.74) is 0.962. The van der Waals surface area contributed by atoms with Crippen LogP contribution in [0.25, 0.3) is 0 Å². The third-order valence-electron chi connectivity index (χ3n) is 2.80. The molecule has 2 aromatic rings. The number of benzene rings is 2. The summed E-state index contributed by atoms with van der Waals surface area (Å²) < 4.78 is 13.3. The van der Waals surface area contributed by atoms with Crippen molar-refractivity contribution in [3.63, 3.8) is 0 Å². The summed E-state index contributed by atoms with van der Waals surface area (Å²) in [6, 6.07) is 15.1. The van der Waals surface area contributed by atoms with E-state index in [2.05, 4.69) is 10.6 Å². The van der Waals surface area contributed by atoms with Crippen LogP contribution in [0.2, 0.25) is 0 Å².